The Morgan fingerprint density at radius 1 is 1.00 bits per heavy atom. The second-order valence-corrected chi connectivity index (χ2v) is 6.88. The van der Waals surface area contributed by atoms with Gasteiger partial charge in [-0.15, -0.1) is 0 Å². The van der Waals surface area contributed by atoms with E-state index in [0.717, 1.165) is 0 Å². The van der Waals surface area contributed by atoms with Crippen LogP contribution in [0.25, 0.3) is 16.9 Å². The van der Waals surface area contributed by atoms with Crippen LogP contribution in [0.2, 0.25) is 5.02 Å². The number of alkyl halides is 2. The Bertz CT molecular complexity index is 1160. The van der Waals surface area contributed by atoms with Gasteiger partial charge in [0.15, 0.2) is 5.69 Å². The number of nitrogens with zero attached hydrogens (tertiary/aromatic N) is 2. The van der Waals surface area contributed by atoms with Gasteiger partial charge in [0.25, 0.3) is 12.3 Å². The van der Waals surface area contributed by atoms with Crippen LogP contribution in [0, 0.1) is 0 Å². The number of aromatic nitrogens is 2. The normalized spacial score (nSPS) is 12.3. The number of hydrogen-bond donors (Lipinski definition) is 1. The minimum absolute atomic E-state index is 0.0714. The summed E-state index contributed by atoms with van der Waals surface area (Å²) >= 11 is 6.09. The second-order valence-electron chi connectivity index (χ2n) is 6.45. The predicted octanol–water partition coefficient (Wildman–Crippen LogP) is 5.39. The summed E-state index contributed by atoms with van der Waals surface area (Å²) in [6.45, 7) is 0. The maximum absolute atomic E-state index is 13.6. The largest absolute Gasteiger partial charge is 0.338 e. The lowest BCUT2D eigenvalue weighted by Crippen LogP contribution is -2.33. The zero-order valence-electron chi connectivity index (χ0n) is 15.1. The van der Waals surface area contributed by atoms with Crippen molar-refractivity contribution in [2.75, 3.05) is 0 Å². The van der Waals surface area contributed by atoms with Crippen molar-refractivity contribution >= 4 is 23.0 Å². The summed E-state index contributed by atoms with van der Waals surface area (Å²) < 4.78 is 29.0. The fourth-order valence-electron chi connectivity index (χ4n) is 3.20. The van der Waals surface area contributed by atoms with Crippen molar-refractivity contribution in [3.63, 3.8) is 0 Å². The van der Waals surface area contributed by atoms with Crippen LogP contribution >= 0.6 is 11.6 Å². The molecule has 0 saturated carbocycles. The Kier molecular flexibility index (Phi) is 5.27. The molecule has 4 nitrogen and oxygen atoms in total. The van der Waals surface area contributed by atoms with E-state index >= 15 is 0 Å². The third-order valence-electron chi connectivity index (χ3n) is 4.54. The summed E-state index contributed by atoms with van der Waals surface area (Å²) in [4.78, 5) is 17.4. The molecular formula is C22H16ClF2N3O. The van der Waals surface area contributed by atoms with Crippen molar-refractivity contribution in [3.05, 3.63) is 95.3 Å². The molecule has 0 aliphatic heterocycles. The first-order chi connectivity index (χ1) is 14.0. The first-order valence-electron chi connectivity index (χ1n) is 8.91. The van der Waals surface area contributed by atoms with Gasteiger partial charge < -0.3 is 5.32 Å². The molecule has 0 fully saturated rings. The SMILES string of the molecule is O=C(NC(c1ccccc1)C(F)F)c1nc(-c2cccc(Cl)c2)n2ccccc12. The van der Waals surface area contributed by atoms with Gasteiger partial charge >= 0.3 is 0 Å². The molecule has 2 aromatic heterocycles. The lowest BCUT2D eigenvalue weighted by Gasteiger charge is -2.17. The number of fused-ring (bicyclic) bond motifs is 1. The highest BCUT2D eigenvalue weighted by Crippen LogP contribution is 2.26. The van der Waals surface area contributed by atoms with Gasteiger partial charge in [0.2, 0.25) is 0 Å². The lowest BCUT2D eigenvalue weighted by molar-refractivity contribution is 0.0742. The maximum Gasteiger partial charge on any atom is 0.272 e. The van der Waals surface area contributed by atoms with Crippen LogP contribution in [-0.2, 0) is 0 Å². The monoisotopic (exact) mass is 411 g/mol. The standard InChI is InChI=1S/C22H16ClF2N3O/c23-16-10-6-9-15(13-16)21-26-19(17-11-4-5-12-28(17)21)22(29)27-18(20(24)25)14-7-2-1-3-8-14/h1-13,18,20H,(H,27,29). The lowest BCUT2D eigenvalue weighted by atomic mass is 10.1. The summed E-state index contributed by atoms with van der Waals surface area (Å²) in [6, 6.07) is 19.1. The summed E-state index contributed by atoms with van der Waals surface area (Å²) in [6.07, 6.45) is -1.00. The third kappa shape index (κ3) is 3.84. The summed E-state index contributed by atoms with van der Waals surface area (Å²) in [5, 5.41) is 2.96. The highest BCUT2D eigenvalue weighted by molar-refractivity contribution is 6.30. The first kappa shape index (κ1) is 19.1. The molecule has 1 amide bonds. The number of imidazole rings is 1. The van der Waals surface area contributed by atoms with Gasteiger partial charge in [-0.2, -0.15) is 0 Å². The van der Waals surface area contributed by atoms with Crippen molar-refractivity contribution in [2.45, 2.75) is 12.5 Å². The molecule has 4 rings (SSSR count). The van der Waals surface area contributed by atoms with Crippen molar-refractivity contribution in [1.29, 1.82) is 0 Å². The van der Waals surface area contributed by atoms with Gasteiger partial charge in [0.1, 0.15) is 11.9 Å². The molecule has 2 heterocycles. The molecule has 2 aromatic carbocycles. The fraction of sp³-hybridized carbons (Fsp3) is 0.0909. The number of hydrogen-bond acceptors (Lipinski definition) is 2. The van der Waals surface area contributed by atoms with Crippen molar-refractivity contribution in [3.8, 4) is 11.4 Å². The van der Waals surface area contributed by atoms with Gasteiger partial charge in [-0.1, -0.05) is 60.1 Å². The van der Waals surface area contributed by atoms with Crippen LogP contribution in [0.1, 0.15) is 22.1 Å². The van der Waals surface area contributed by atoms with E-state index < -0.39 is 18.4 Å². The highest BCUT2D eigenvalue weighted by Gasteiger charge is 2.27. The molecule has 0 aliphatic carbocycles. The molecule has 0 spiro atoms. The average molecular weight is 412 g/mol. The van der Waals surface area contributed by atoms with Gasteiger partial charge in [0.05, 0.1) is 5.52 Å². The third-order valence-corrected chi connectivity index (χ3v) is 4.78. The first-order valence-corrected chi connectivity index (χ1v) is 9.29. The zero-order chi connectivity index (χ0) is 20.4. The van der Waals surface area contributed by atoms with Crippen molar-refractivity contribution < 1.29 is 13.6 Å². The quantitative estimate of drug-likeness (QED) is 0.478. The van der Waals surface area contributed by atoms with Crippen LogP contribution in [0.15, 0.2) is 79.0 Å². The van der Waals surface area contributed by atoms with Gasteiger partial charge in [-0.25, -0.2) is 13.8 Å². The van der Waals surface area contributed by atoms with Crippen LogP contribution < -0.4 is 5.32 Å². The number of rotatable bonds is 5. The zero-order valence-corrected chi connectivity index (χ0v) is 15.9. The second kappa shape index (κ2) is 8.01. The van der Waals surface area contributed by atoms with Crippen LogP contribution in [-0.4, -0.2) is 21.7 Å². The van der Waals surface area contributed by atoms with E-state index in [2.05, 4.69) is 10.3 Å². The molecule has 1 atom stereocenters. The smallest absolute Gasteiger partial charge is 0.272 e. The van der Waals surface area contributed by atoms with E-state index in [9.17, 15) is 13.6 Å². The molecule has 0 aliphatic rings. The predicted molar refractivity (Wildman–Crippen MR) is 108 cm³/mol. The minimum atomic E-state index is -2.76. The number of carbonyl (C=O) groups is 1. The van der Waals surface area contributed by atoms with Crippen LogP contribution in [0.4, 0.5) is 8.78 Å². The topological polar surface area (TPSA) is 46.4 Å². The molecule has 29 heavy (non-hydrogen) atoms. The Balaban J connectivity index is 1.75. The Hall–Kier alpha value is -3.25. The van der Waals surface area contributed by atoms with Crippen LogP contribution in [0.5, 0.6) is 0 Å². The van der Waals surface area contributed by atoms with Crippen molar-refractivity contribution in [2.24, 2.45) is 0 Å². The Morgan fingerprint density at radius 2 is 1.76 bits per heavy atom. The number of halogens is 3. The van der Waals surface area contributed by atoms with E-state index in [0.29, 0.717) is 27.5 Å². The Morgan fingerprint density at radius 3 is 2.48 bits per heavy atom. The molecular weight excluding hydrogens is 396 g/mol. The van der Waals surface area contributed by atoms with E-state index in [-0.39, 0.29) is 5.69 Å². The molecule has 0 radical (unpaired) electrons. The molecule has 0 bridgehead atoms. The minimum Gasteiger partial charge on any atom is -0.338 e. The van der Waals surface area contributed by atoms with Gasteiger partial charge in [-0.05, 0) is 29.8 Å². The van der Waals surface area contributed by atoms with E-state index in [1.807, 2.05) is 6.07 Å². The Labute approximate surface area is 170 Å². The van der Waals surface area contributed by atoms with Crippen molar-refractivity contribution in [1.82, 2.24) is 14.7 Å². The number of pyridine rings is 1. The highest BCUT2D eigenvalue weighted by atomic mass is 35.5. The van der Waals surface area contributed by atoms with E-state index in [1.54, 1.807) is 77.3 Å². The summed E-state index contributed by atoms with van der Waals surface area (Å²) in [5.74, 6) is -0.169. The molecule has 4 aromatic rings. The summed E-state index contributed by atoms with van der Waals surface area (Å²) in [5.41, 5.74) is 1.63. The number of carbonyl (C=O) groups excluding carboxylic acids is 1. The molecule has 7 heteroatoms. The fourth-order valence-corrected chi connectivity index (χ4v) is 3.39. The average Bonchev–Trinajstić information content (AvgIpc) is 3.12. The van der Waals surface area contributed by atoms with E-state index in [1.165, 1.54) is 0 Å². The molecule has 1 unspecified atom stereocenters. The van der Waals surface area contributed by atoms with Gasteiger partial charge in [-0.3, -0.25) is 9.20 Å². The number of nitrogens with one attached hydrogen (secondary N) is 1. The van der Waals surface area contributed by atoms with Gasteiger partial charge in [0, 0.05) is 16.8 Å². The molecule has 0 saturated heterocycles. The maximum atomic E-state index is 13.6. The summed E-state index contributed by atoms with van der Waals surface area (Å²) in [7, 11) is 0. The van der Waals surface area contributed by atoms with E-state index in [4.69, 9.17) is 11.6 Å². The number of benzene rings is 2. The molecule has 146 valence electrons. The molecule has 1 N–H and O–H groups in total. The van der Waals surface area contributed by atoms with Crippen LogP contribution in [0.3, 0.4) is 0 Å². The number of amides is 1.